The molecular formula is C29H29FN2O4S. The predicted molar refractivity (Wildman–Crippen MR) is 144 cm³/mol. The molecule has 192 valence electrons. The minimum atomic E-state index is -4.10. The van der Waals surface area contributed by atoms with Crippen LogP contribution in [-0.2, 0) is 21.2 Å². The van der Waals surface area contributed by atoms with Gasteiger partial charge < -0.3 is 10.1 Å². The fourth-order valence-corrected chi connectivity index (χ4v) is 5.61. The number of halogens is 1. The average molecular weight is 521 g/mol. The van der Waals surface area contributed by atoms with Crippen molar-refractivity contribution in [3.63, 3.8) is 0 Å². The number of hydrogen-bond donors (Lipinski definition) is 1. The second kappa shape index (κ2) is 11.4. The van der Waals surface area contributed by atoms with Crippen LogP contribution in [0.4, 0.5) is 10.1 Å². The van der Waals surface area contributed by atoms with Gasteiger partial charge in [0.1, 0.15) is 18.1 Å². The molecule has 0 radical (unpaired) electrons. The monoisotopic (exact) mass is 520 g/mol. The number of fused-ring (bicyclic) bond motifs is 1. The second-order valence-electron chi connectivity index (χ2n) is 8.92. The van der Waals surface area contributed by atoms with E-state index in [0.717, 1.165) is 28.2 Å². The number of nitrogens with one attached hydrogen (secondary N) is 1. The first kappa shape index (κ1) is 26.2. The summed E-state index contributed by atoms with van der Waals surface area (Å²) < 4.78 is 46.6. The fourth-order valence-electron chi connectivity index (χ4n) is 4.19. The second-order valence-corrected chi connectivity index (χ2v) is 10.8. The first-order chi connectivity index (χ1) is 17.8. The Morgan fingerprint density at radius 3 is 2.32 bits per heavy atom. The Morgan fingerprint density at radius 2 is 1.62 bits per heavy atom. The Hall–Kier alpha value is -3.91. The van der Waals surface area contributed by atoms with E-state index in [1.807, 2.05) is 25.1 Å². The lowest BCUT2D eigenvalue weighted by Gasteiger charge is -2.24. The molecule has 0 aliphatic heterocycles. The molecule has 4 aromatic rings. The Kier molecular flexibility index (Phi) is 8.08. The number of ether oxygens (including phenoxy) is 1. The minimum Gasteiger partial charge on any atom is -0.497 e. The van der Waals surface area contributed by atoms with Crippen molar-refractivity contribution in [2.75, 3.05) is 24.5 Å². The summed E-state index contributed by atoms with van der Waals surface area (Å²) in [6.45, 7) is 1.97. The Balaban J connectivity index is 1.48. The average Bonchev–Trinajstić information content (AvgIpc) is 2.91. The normalized spacial score (nSPS) is 12.2. The van der Waals surface area contributed by atoms with Crippen molar-refractivity contribution < 1.29 is 22.3 Å². The van der Waals surface area contributed by atoms with Gasteiger partial charge in [0, 0.05) is 6.54 Å². The number of hydrogen-bond acceptors (Lipinski definition) is 4. The van der Waals surface area contributed by atoms with Crippen LogP contribution in [0.2, 0.25) is 0 Å². The third kappa shape index (κ3) is 6.27. The van der Waals surface area contributed by atoms with Gasteiger partial charge in [-0.3, -0.25) is 9.10 Å². The molecule has 1 N–H and O–H groups in total. The topological polar surface area (TPSA) is 75.7 Å². The molecule has 0 bridgehead atoms. The van der Waals surface area contributed by atoms with Gasteiger partial charge in [0.05, 0.1) is 17.7 Å². The van der Waals surface area contributed by atoms with E-state index in [-0.39, 0.29) is 16.5 Å². The summed E-state index contributed by atoms with van der Waals surface area (Å²) in [6.07, 6.45) is 0.757. The van der Waals surface area contributed by atoms with Gasteiger partial charge in [-0.2, -0.15) is 0 Å². The van der Waals surface area contributed by atoms with Gasteiger partial charge in [-0.25, -0.2) is 12.8 Å². The number of benzene rings is 4. The van der Waals surface area contributed by atoms with E-state index in [0.29, 0.717) is 12.3 Å². The number of rotatable bonds is 10. The number of nitrogens with zero attached hydrogens (tertiary/aromatic N) is 1. The van der Waals surface area contributed by atoms with Crippen molar-refractivity contribution >= 4 is 32.4 Å². The first-order valence-electron chi connectivity index (χ1n) is 11.9. The van der Waals surface area contributed by atoms with Gasteiger partial charge in [-0.1, -0.05) is 49.4 Å². The molecule has 0 aliphatic carbocycles. The summed E-state index contributed by atoms with van der Waals surface area (Å²) >= 11 is 0. The van der Waals surface area contributed by atoms with Crippen molar-refractivity contribution in [2.24, 2.45) is 5.92 Å². The Bertz CT molecular complexity index is 1470. The van der Waals surface area contributed by atoms with E-state index in [2.05, 4.69) is 29.6 Å². The van der Waals surface area contributed by atoms with Gasteiger partial charge in [0.15, 0.2) is 0 Å². The zero-order valence-corrected chi connectivity index (χ0v) is 21.5. The number of amides is 1. The molecule has 4 rings (SSSR count). The molecule has 0 spiro atoms. The molecule has 0 saturated carbocycles. The zero-order chi connectivity index (χ0) is 26.4. The first-order valence-corrected chi connectivity index (χ1v) is 13.4. The highest BCUT2D eigenvalue weighted by atomic mass is 32.2. The van der Waals surface area contributed by atoms with Crippen molar-refractivity contribution in [3.05, 3.63) is 102 Å². The smallest absolute Gasteiger partial charge is 0.264 e. The number of sulfonamides is 1. The maximum absolute atomic E-state index is 13.5. The summed E-state index contributed by atoms with van der Waals surface area (Å²) in [5, 5.41) is 5.20. The number of anilines is 1. The summed E-state index contributed by atoms with van der Waals surface area (Å²) in [5.74, 6) is -0.333. The van der Waals surface area contributed by atoms with E-state index in [1.165, 1.54) is 54.5 Å². The third-order valence-corrected chi connectivity index (χ3v) is 7.93. The van der Waals surface area contributed by atoms with E-state index >= 15 is 0 Å². The summed E-state index contributed by atoms with van der Waals surface area (Å²) in [4.78, 5) is 12.9. The maximum Gasteiger partial charge on any atom is 0.264 e. The SMILES string of the molecule is COc1ccc(S(=O)(=O)N(CC(=O)NCC(C)Cc2cccc3ccccc23)c2ccc(F)cc2)cc1. The summed E-state index contributed by atoms with van der Waals surface area (Å²) in [7, 11) is -2.62. The van der Waals surface area contributed by atoms with Gasteiger partial charge in [-0.15, -0.1) is 0 Å². The van der Waals surface area contributed by atoms with E-state index < -0.39 is 28.3 Å². The van der Waals surface area contributed by atoms with Crippen LogP contribution in [0.15, 0.2) is 95.9 Å². The van der Waals surface area contributed by atoms with Crippen LogP contribution >= 0.6 is 0 Å². The quantitative estimate of drug-likeness (QED) is 0.313. The van der Waals surface area contributed by atoms with Crippen LogP contribution in [0.5, 0.6) is 5.75 Å². The minimum absolute atomic E-state index is 0.00486. The van der Waals surface area contributed by atoms with Crippen LogP contribution < -0.4 is 14.4 Å². The molecule has 0 aromatic heterocycles. The highest BCUT2D eigenvalue weighted by molar-refractivity contribution is 7.92. The predicted octanol–water partition coefficient (Wildman–Crippen LogP) is 5.18. The fraction of sp³-hybridized carbons (Fsp3) is 0.207. The van der Waals surface area contributed by atoms with Crippen molar-refractivity contribution in [2.45, 2.75) is 18.2 Å². The van der Waals surface area contributed by atoms with E-state index in [1.54, 1.807) is 0 Å². The molecule has 0 saturated heterocycles. The maximum atomic E-state index is 13.5. The van der Waals surface area contributed by atoms with E-state index in [9.17, 15) is 17.6 Å². The molecule has 0 aliphatic rings. The lowest BCUT2D eigenvalue weighted by Crippen LogP contribution is -2.42. The molecule has 0 heterocycles. The highest BCUT2D eigenvalue weighted by Crippen LogP contribution is 2.25. The van der Waals surface area contributed by atoms with Crippen LogP contribution in [0.1, 0.15) is 12.5 Å². The number of carbonyl (C=O) groups excluding carboxylic acids is 1. The molecule has 8 heteroatoms. The van der Waals surface area contributed by atoms with Crippen LogP contribution in [-0.4, -0.2) is 34.5 Å². The molecule has 6 nitrogen and oxygen atoms in total. The van der Waals surface area contributed by atoms with Crippen molar-refractivity contribution in [1.82, 2.24) is 5.32 Å². The molecule has 0 fully saturated rings. The van der Waals surface area contributed by atoms with Crippen LogP contribution in [0.25, 0.3) is 10.8 Å². The van der Waals surface area contributed by atoms with Gasteiger partial charge in [0.2, 0.25) is 5.91 Å². The Labute approximate surface area is 216 Å². The van der Waals surface area contributed by atoms with Crippen LogP contribution in [0, 0.1) is 11.7 Å². The van der Waals surface area contributed by atoms with Crippen LogP contribution in [0.3, 0.4) is 0 Å². The molecule has 1 unspecified atom stereocenters. The van der Waals surface area contributed by atoms with Gasteiger partial charge >= 0.3 is 0 Å². The van der Waals surface area contributed by atoms with Crippen molar-refractivity contribution in [3.8, 4) is 5.75 Å². The largest absolute Gasteiger partial charge is 0.497 e. The summed E-state index contributed by atoms with van der Waals surface area (Å²) in [6, 6.07) is 25.2. The molecular weight excluding hydrogens is 491 g/mol. The highest BCUT2D eigenvalue weighted by Gasteiger charge is 2.27. The number of methoxy groups -OCH3 is 1. The van der Waals surface area contributed by atoms with Crippen molar-refractivity contribution in [1.29, 1.82) is 0 Å². The van der Waals surface area contributed by atoms with Gasteiger partial charge in [-0.05, 0) is 77.2 Å². The lowest BCUT2D eigenvalue weighted by molar-refractivity contribution is -0.119. The Morgan fingerprint density at radius 1 is 0.946 bits per heavy atom. The standard InChI is InChI=1S/C29H29FN2O4S/c1-21(18-23-8-5-7-22-6-3-4-9-28(22)23)19-31-29(33)20-32(25-12-10-24(30)11-13-25)37(34,35)27-16-14-26(36-2)15-17-27/h3-17,21H,18-20H2,1-2H3,(H,31,33). The molecule has 1 amide bonds. The molecule has 37 heavy (non-hydrogen) atoms. The molecule has 4 aromatic carbocycles. The zero-order valence-electron chi connectivity index (χ0n) is 20.7. The number of carbonyl (C=O) groups is 1. The third-order valence-electron chi connectivity index (χ3n) is 6.15. The van der Waals surface area contributed by atoms with Gasteiger partial charge in [0.25, 0.3) is 10.0 Å². The van der Waals surface area contributed by atoms with E-state index in [4.69, 9.17) is 4.74 Å². The lowest BCUT2D eigenvalue weighted by atomic mass is 9.96. The molecule has 1 atom stereocenters. The summed E-state index contributed by atoms with van der Waals surface area (Å²) in [5.41, 5.74) is 1.38.